The second-order valence-electron chi connectivity index (χ2n) is 5.85. The van der Waals surface area contributed by atoms with Crippen LogP contribution >= 0.6 is 11.6 Å². The maximum absolute atomic E-state index is 11.8. The van der Waals surface area contributed by atoms with Crippen LogP contribution in [0.4, 0.5) is 0 Å². The lowest BCUT2D eigenvalue weighted by molar-refractivity contribution is 0.0694. The van der Waals surface area contributed by atoms with Gasteiger partial charge in [-0.15, -0.1) is 0 Å². The Hall–Kier alpha value is -3.44. The molecule has 0 fully saturated rings. The van der Waals surface area contributed by atoms with Gasteiger partial charge in [0.15, 0.2) is 6.29 Å². The van der Waals surface area contributed by atoms with Crippen molar-refractivity contribution in [3.8, 4) is 11.6 Å². The Bertz CT molecular complexity index is 1220. The lowest BCUT2D eigenvalue weighted by Crippen LogP contribution is -2.05. The average molecular weight is 378 g/mol. The number of hydrogen-bond donors (Lipinski definition) is 1. The highest BCUT2D eigenvalue weighted by Crippen LogP contribution is 2.36. The van der Waals surface area contributed by atoms with Gasteiger partial charge in [0.2, 0.25) is 5.88 Å². The zero-order chi connectivity index (χ0) is 19.0. The highest BCUT2D eigenvalue weighted by atomic mass is 35.5. The third kappa shape index (κ3) is 2.88. The molecule has 0 atom stereocenters. The number of benzene rings is 3. The molecule has 4 rings (SSSR count). The summed E-state index contributed by atoms with van der Waals surface area (Å²) in [5.41, 5.74) is 0.562. The molecule has 1 aromatic heterocycles. The van der Waals surface area contributed by atoms with Crippen LogP contribution < -0.4 is 4.74 Å². The maximum atomic E-state index is 11.8. The molecule has 1 heterocycles. The fourth-order valence-corrected chi connectivity index (χ4v) is 3.32. The van der Waals surface area contributed by atoms with E-state index in [1.165, 1.54) is 0 Å². The van der Waals surface area contributed by atoms with Crippen molar-refractivity contribution in [1.82, 2.24) is 4.98 Å². The van der Waals surface area contributed by atoms with Gasteiger partial charge in [0.05, 0.1) is 16.1 Å². The molecule has 0 saturated carbocycles. The van der Waals surface area contributed by atoms with Crippen LogP contribution in [0.3, 0.4) is 0 Å². The molecule has 0 saturated heterocycles. The molecule has 0 amide bonds. The number of carboxylic acid groups (broad SMARTS) is 1. The molecule has 0 aliphatic rings. The predicted molar refractivity (Wildman–Crippen MR) is 103 cm³/mol. The molecular formula is C21H12ClNO4. The quantitative estimate of drug-likeness (QED) is 0.485. The van der Waals surface area contributed by atoms with E-state index in [9.17, 15) is 14.7 Å². The first-order valence-corrected chi connectivity index (χ1v) is 8.44. The summed E-state index contributed by atoms with van der Waals surface area (Å²) in [5.74, 6) is -1.21. The normalized spacial score (nSPS) is 10.9. The highest BCUT2D eigenvalue weighted by molar-refractivity contribution is 6.38. The third-order valence-electron chi connectivity index (χ3n) is 4.26. The zero-order valence-electron chi connectivity index (χ0n) is 13.8. The number of fused-ring (bicyclic) bond motifs is 2. The molecule has 0 spiro atoms. The molecule has 0 bridgehead atoms. The molecule has 4 aromatic rings. The second-order valence-corrected chi connectivity index (χ2v) is 6.22. The predicted octanol–water partition coefficient (Wildman–Crippen LogP) is 5.34. The number of aromatic nitrogens is 1. The average Bonchev–Trinajstić information content (AvgIpc) is 2.67. The largest absolute Gasteiger partial charge is 0.477 e. The highest BCUT2D eigenvalue weighted by Gasteiger charge is 2.22. The Kier molecular flexibility index (Phi) is 4.22. The molecule has 0 radical (unpaired) electrons. The van der Waals surface area contributed by atoms with Gasteiger partial charge in [-0.05, 0) is 22.9 Å². The van der Waals surface area contributed by atoms with Gasteiger partial charge in [-0.3, -0.25) is 4.79 Å². The van der Waals surface area contributed by atoms with E-state index in [0.29, 0.717) is 28.1 Å². The zero-order valence-corrected chi connectivity index (χ0v) is 14.6. The molecule has 0 aliphatic carbocycles. The molecule has 0 unspecified atom stereocenters. The summed E-state index contributed by atoms with van der Waals surface area (Å²) in [6.07, 6.45) is 0.681. The number of para-hydroxylation sites is 1. The summed E-state index contributed by atoms with van der Waals surface area (Å²) < 4.78 is 5.78. The summed E-state index contributed by atoms with van der Waals surface area (Å²) in [4.78, 5) is 27.8. The Morgan fingerprint density at radius 3 is 2.44 bits per heavy atom. The van der Waals surface area contributed by atoms with Crippen molar-refractivity contribution in [3.05, 3.63) is 76.8 Å². The maximum Gasteiger partial charge on any atom is 0.342 e. The molecular weight excluding hydrogens is 366 g/mol. The van der Waals surface area contributed by atoms with Crippen LogP contribution in [0.15, 0.2) is 60.7 Å². The number of nitrogens with zero attached hydrogens (tertiary/aromatic N) is 1. The number of aromatic carboxylic acids is 1. The van der Waals surface area contributed by atoms with Gasteiger partial charge in [0.1, 0.15) is 11.3 Å². The van der Waals surface area contributed by atoms with Gasteiger partial charge in [-0.25, -0.2) is 9.78 Å². The molecule has 6 heteroatoms. The number of halogens is 1. The Balaban J connectivity index is 1.94. The van der Waals surface area contributed by atoms with E-state index < -0.39 is 5.97 Å². The number of ether oxygens (including phenoxy) is 1. The number of carboxylic acids is 1. The summed E-state index contributed by atoms with van der Waals surface area (Å²) >= 11 is 6.31. The molecule has 5 nitrogen and oxygen atoms in total. The molecule has 132 valence electrons. The summed E-state index contributed by atoms with van der Waals surface area (Å²) in [6, 6.07) is 17.7. The number of pyridine rings is 1. The van der Waals surface area contributed by atoms with Crippen LogP contribution in [0.1, 0.15) is 20.7 Å². The van der Waals surface area contributed by atoms with E-state index in [1.54, 1.807) is 42.5 Å². The lowest BCUT2D eigenvalue weighted by Gasteiger charge is -2.13. The van der Waals surface area contributed by atoms with Crippen LogP contribution in [0.25, 0.3) is 21.7 Å². The van der Waals surface area contributed by atoms with Crippen molar-refractivity contribution in [2.24, 2.45) is 0 Å². The van der Waals surface area contributed by atoms with Gasteiger partial charge >= 0.3 is 5.97 Å². The van der Waals surface area contributed by atoms with Gasteiger partial charge in [0, 0.05) is 5.39 Å². The van der Waals surface area contributed by atoms with Crippen LogP contribution in [-0.2, 0) is 0 Å². The van der Waals surface area contributed by atoms with Gasteiger partial charge in [-0.2, -0.15) is 0 Å². The van der Waals surface area contributed by atoms with Gasteiger partial charge in [-0.1, -0.05) is 60.1 Å². The van der Waals surface area contributed by atoms with Crippen LogP contribution in [0.2, 0.25) is 5.02 Å². The van der Waals surface area contributed by atoms with Crippen LogP contribution in [-0.4, -0.2) is 22.3 Å². The number of rotatable bonds is 4. The summed E-state index contributed by atoms with van der Waals surface area (Å²) in [7, 11) is 0. The molecule has 27 heavy (non-hydrogen) atoms. The van der Waals surface area contributed by atoms with E-state index in [-0.39, 0.29) is 22.2 Å². The van der Waals surface area contributed by atoms with E-state index in [1.807, 2.05) is 18.2 Å². The van der Waals surface area contributed by atoms with E-state index in [0.717, 1.165) is 5.39 Å². The minimum absolute atomic E-state index is 0.0385. The third-order valence-corrected chi connectivity index (χ3v) is 4.66. The first kappa shape index (κ1) is 17.0. The van der Waals surface area contributed by atoms with Crippen molar-refractivity contribution in [2.75, 3.05) is 0 Å². The topological polar surface area (TPSA) is 76.5 Å². The van der Waals surface area contributed by atoms with E-state index in [4.69, 9.17) is 16.3 Å². The second kappa shape index (κ2) is 6.70. The minimum Gasteiger partial charge on any atom is -0.477 e. The molecule has 1 N–H and O–H groups in total. The fraction of sp³-hybridized carbons (Fsp3) is 0. The van der Waals surface area contributed by atoms with E-state index >= 15 is 0 Å². The Morgan fingerprint density at radius 1 is 1.00 bits per heavy atom. The van der Waals surface area contributed by atoms with Gasteiger partial charge < -0.3 is 9.84 Å². The summed E-state index contributed by atoms with van der Waals surface area (Å²) in [5, 5.41) is 11.7. The van der Waals surface area contributed by atoms with Crippen LogP contribution in [0.5, 0.6) is 11.6 Å². The first-order valence-electron chi connectivity index (χ1n) is 8.06. The van der Waals surface area contributed by atoms with Crippen molar-refractivity contribution >= 4 is 45.5 Å². The standard InChI is InChI=1S/C21H12ClNO4/c22-19-14-7-3-4-8-16(14)23-20(18(19)21(25)26)27-17-10-9-12-5-1-2-6-13(12)15(17)11-24/h1-11H,(H,25,26). The van der Waals surface area contributed by atoms with Gasteiger partial charge in [0.25, 0.3) is 0 Å². The number of aldehydes is 1. The number of carbonyl (C=O) groups excluding carboxylic acids is 1. The lowest BCUT2D eigenvalue weighted by atomic mass is 10.0. The monoisotopic (exact) mass is 377 g/mol. The van der Waals surface area contributed by atoms with Crippen molar-refractivity contribution in [1.29, 1.82) is 0 Å². The fourth-order valence-electron chi connectivity index (χ4n) is 3.00. The van der Waals surface area contributed by atoms with Crippen molar-refractivity contribution in [2.45, 2.75) is 0 Å². The summed E-state index contributed by atoms with van der Waals surface area (Å²) in [6.45, 7) is 0. The minimum atomic E-state index is -1.26. The smallest absolute Gasteiger partial charge is 0.342 e. The Morgan fingerprint density at radius 2 is 1.70 bits per heavy atom. The molecule has 0 aliphatic heterocycles. The number of carbonyl (C=O) groups is 2. The SMILES string of the molecule is O=Cc1c(Oc2nc3ccccc3c(Cl)c2C(=O)O)ccc2ccccc12. The van der Waals surface area contributed by atoms with E-state index in [2.05, 4.69) is 4.98 Å². The number of hydrogen-bond acceptors (Lipinski definition) is 4. The first-order chi connectivity index (χ1) is 13.1. The van der Waals surface area contributed by atoms with Crippen molar-refractivity contribution < 1.29 is 19.4 Å². The Labute approximate surface area is 158 Å². The molecule has 3 aromatic carbocycles. The van der Waals surface area contributed by atoms with Crippen molar-refractivity contribution in [3.63, 3.8) is 0 Å². The van der Waals surface area contributed by atoms with Crippen LogP contribution in [0, 0.1) is 0 Å².